The van der Waals surface area contributed by atoms with E-state index >= 15 is 0 Å². The van der Waals surface area contributed by atoms with Gasteiger partial charge >= 0.3 is 0 Å². The fourth-order valence-corrected chi connectivity index (χ4v) is 8.41. The van der Waals surface area contributed by atoms with Crippen LogP contribution >= 0.6 is 0 Å². The number of nitrogens with zero attached hydrogens (tertiary/aromatic N) is 4. The molecule has 56 heavy (non-hydrogen) atoms. The Kier molecular flexibility index (Phi) is 15.5. The summed E-state index contributed by atoms with van der Waals surface area (Å²) in [5.41, 5.74) is 3.36. The number of benzene rings is 1. The van der Waals surface area contributed by atoms with E-state index in [0.717, 1.165) is 100 Å². The highest BCUT2D eigenvalue weighted by atomic mass is 16.2. The van der Waals surface area contributed by atoms with E-state index < -0.39 is 11.9 Å². The smallest absolute Gasteiger partial charge is 0.255 e. The second-order valence-corrected chi connectivity index (χ2v) is 15.6. The number of pyridine rings is 1. The highest BCUT2D eigenvalue weighted by Crippen LogP contribution is 2.53. The van der Waals surface area contributed by atoms with Gasteiger partial charge in [-0.3, -0.25) is 34.1 Å². The van der Waals surface area contributed by atoms with Gasteiger partial charge in [0.25, 0.3) is 11.5 Å². The maximum absolute atomic E-state index is 13.0. The van der Waals surface area contributed by atoms with Crippen LogP contribution < -0.4 is 10.9 Å². The Balaban J connectivity index is 0.000000365. The first-order valence-corrected chi connectivity index (χ1v) is 21.2. The number of aromatic nitrogens is 1. The Morgan fingerprint density at radius 1 is 0.982 bits per heavy atom. The first kappa shape index (κ1) is 42.4. The van der Waals surface area contributed by atoms with Gasteiger partial charge in [0.15, 0.2) is 0 Å². The van der Waals surface area contributed by atoms with Crippen LogP contribution in [-0.4, -0.2) is 80.5 Å². The number of rotatable bonds is 13. The highest BCUT2D eigenvalue weighted by molar-refractivity contribution is 6.05. The van der Waals surface area contributed by atoms with E-state index in [0.29, 0.717) is 37.5 Å². The molecule has 0 radical (unpaired) electrons. The predicted octanol–water partition coefficient (Wildman–Crippen LogP) is 6.31. The third-order valence-corrected chi connectivity index (χ3v) is 11.8. The van der Waals surface area contributed by atoms with E-state index in [1.165, 1.54) is 25.7 Å². The predicted molar refractivity (Wildman–Crippen MR) is 217 cm³/mol. The van der Waals surface area contributed by atoms with Gasteiger partial charge in [-0.2, -0.15) is 0 Å². The minimum Gasteiger partial charge on any atom is -0.343 e. The van der Waals surface area contributed by atoms with Crippen molar-refractivity contribution in [3.05, 3.63) is 69.1 Å². The Labute approximate surface area is 332 Å². The molecule has 1 aromatic heterocycles. The van der Waals surface area contributed by atoms with E-state index in [2.05, 4.69) is 24.1 Å². The molecule has 1 aliphatic carbocycles. The summed E-state index contributed by atoms with van der Waals surface area (Å²) in [6, 6.07) is 8.67. The zero-order chi connectivity index (χ0) is 40.1. The van der Waals surface area contributed by atoms with Gasteiger partial charge in [-0.15, -0.1) is 0 Å². The maximum Gasteiger partial charge on any atom is 0.255 e. The minimum atomic E-state index is -0.631. The number of likely N-dealkylation sites (tertiary alicyclic amines) is 2. The van der Waals surface area contributed by atoms with Crippen molar-refractivity contribution >= 4 is 30.0 Å². The molecule has 5 heterocycles. The second-order valence-electron chi connectivity index (χ2n) is 15.6. The third-order valence-electron chi connectivity index (χ3n) is 11.8. The summed E-state index contributed by atoms with van der Waals surface area (Å²) in [4.78, 5) is 77.8. The van der Waals surface area contributed by atoms with Crippen LogP contribution in [0.1, 0.15) is 156 Å². The zero-order valence-electron chi connectivity index (χ0n) is 33.8. The van der Waals surface area contributed by atoms with Gasteiger partial charge in [0.2, 0.25) is 24.1 Å². The average molecular weight is 768 g/mol. The van der Waals surface area contributed by atoms with E-state index in [4.69, 9.17) is 0 Å². The molecule has 1 N–H and O–H groups in total. The lowest BCUT2D eigenvalue weighted by Crippen LogP contribution is -2.52. The van der Waals surface area contributed by atoms with Gasteiger partial charge in [0.1, 0.15) is 6.04 Å². The largest absolute Gasteiger partial charge is 0.343 e. The molecule has 11 heteroatoms. The van der Waals surface area contributed by atoms with Crippen LogP contribution in [0.15, 0.2) is 41.3 Å². The quantitative estimate of drug-likeness (QED) is 0.110. The SMILES string of the molecule is CC.CCCCCC(=O)N1CCCC1.O=CN1CC(c2ccn(CCCCCCC#Cc3cccc4c3CN(C3CCC(=O)NC3=O)C4=O)c(=O)c2)CC12CC2. The van der Waals surface area contributed by atoms with Crippen molar-refractivity contribution in [2.24, 2.45) is 0 Å². The monoisotopic (exact) mass is 767 g/mol. The molecule has 3 saturated heterocycles. The highest BCUT2D eigenvalue weighted by Gasteiger charge is 2.54. The van der Waals surface area contributed by atoms with Crippen LogP contribution in [0, 0.1) is 11.8 Å². The molecule has 4 aliphatic heterocycles. The van der Waals surface area contributed by atoms with Gasteiger partial charge in [0.05, 0.1) is 0 Å². The molecular weight excluding hydrogens is 707 g/mol. The first-order valence-electron chi connectivity index (χ1n) is 21.2. The topological polar surface area (TPSA) is 129 Å². The molecule has 1 aromatic carbocycles. The molecule has 1 saturated carbocycles. The summed E-state index contributed by atoms with van der Waals surface area (Å²) in [5, 5.41) is 2.34. The first-order chi connectivity index (χ1) is 27.2. The molecule has 5 aliphatic rings. The van der Waals surface area contributed by atoms with Crippen molar-refractivity contribution in [1.82, 2.24) is 24.6 Å². The van der Waals surface area contributed by atoms with E-state index in [9.17, 15) is 28.8 Å². The number of unbranched alkanes of at least 4 members (excludes halogenated alkanes) is 6. The number of hydrogen-bond donors (Lipinski definition) is 1. The molecule has 2 aromatic rings. The molecule has 5 amide bonds. The van der Waals surface area contributed by atoms with Crippen LogP contribution in [0.3, 0.4) is 0 Å². The number of aryl methyl sites for hydroxylation is 1. The van der Waals surface area contributed by atoms with Crippen molar-refractivity contribution in [3.8, 4) is 11.8 Å². The standard InChI is InChI=1S/C33H36N4O5.C10H19NO.C2H6/c38-22-36-20-25(19-33(36)14-15-33)24-13-17-35(30(40)18-24)16-6-4-2-1-3-5-8-23-9-7-10-26-27(23)21-37(32(26)42)28-11-12-29(39)34-31(28)41;1-2-3-4-7-10(12)11-8-5-6-9-11;1-2/h7,9-10,13,17-18,22,25,28H,1-4,6,11-12,14-16,19-21H2,(H,34,39,41);2-9H2,1H3;1-2H3. The molecule has 2 unspecified atom stereocenters. The summed E-state index contributed by atoms with van der Waals surface area (Å²) < 4.78 is 1.78. The van der Waals surface area contributed by atoms with Gasteiger partial charge < -0.3 is 19.3 Å². The lowest BCUT2D eigenvalue weighted by Gasteiger charge is -2.29. The van der Waals surface area contributed by atoms with Gasteiger partial charge in [-0.25, -0.2) is 0 Å². The molecule has 11 nitrogen and oxygen atoms in total. The van der Waals surface area contributed by atoms with Crippen molar-refractivity contribution in [3.63, 3.8) is 0 Å². The van der Waals surface area contributed by atoms with Crippen molar-refractivity contribution in [2.45, 2.75) is 154 Å². The van der Waals surface area contributed by atoms with Crippen LogP contribution in [0.2, 0.25) is 0 Å². The zero-order valence-corrected chi connectivity index (χ0v) is 33.8. The number of hydrogen-bond acceptors (Lipinski definition) is 6. The molecule has 2 atom stereocenters. The van der Waals surface area contributed by atoms with Gasteiger partial charge in [0, 0.05) is 86.8 Å². The summed E-state index contributed by atoms with van der Waals surface area (Å²) in [6.45, 7) is 9.90. The lowest BCUT2D eigenvalue weighted by molar-refractivity contribution is -0.137. The normalized spacial score (nSPS) is 20.3. The summed E-state index contributed by atoms with van der Waals surface area (Å²) in [6.07, 6.45) is 17.8. The molecule has 302 valence electrons. The van der Waals surface area contributed by atoms with Crippen molar-refractivity contribution in [1.29, 1.82) is 0 Å². The van der Waals surface area contributed by atoms with Gasteiger partial charge in [-0.05, 0) is 87.1 Å². The summed E-state index contributed by atoms with van der Waals surface area (Å²) in [7, 11) is 0. The van der Waals surface area contributed by atoms with Crippen LogP contribution in [0.4, 0.5) is 0 Å². The second kappa shape index (κ2) is 20.4. The molecule has 0 bridgehead atoms. The van der Waals surface area contributed by atoms with E-state index in [1.807, 2.05) is 48.0 Å². The molecule has 7 rings (SSSR count). The number of amides is 5. The van der Waals surface area contributed by atoms with Crippen molar-refractivity contribution in [2.75, 3.05) is 19.6 Å². The van der Waals surface area contributed by atoms with Gasteiger partial charge in [-0.1, -0.05) is 64.4 Å². The van der Waals surface area contributed by atoms with Crippen molar-refractivity contribution < 1.29 is 24.0 Å². The Bertz CT molecular complexity index is 1830. The van der Waals surface area contributed by atoms with E-state index in [-0.39, 0.29) is 35.3 Å². The number of fused-ring (bicyclic) bond motifs is 1. The average Bonchev–Trinajstić information content (AvgIpc) is 3.48. The summed E-state index contributed by atoms with van der Waals surface area (Å²) in [5.74, 6) is 6.19. The Morgan fingerprint density at radius 2 is 1.75 bits per heavy atom. The minimum absolute atomic E-state index is 0.0258. The number of piperidine rings is 1. The third kappa shape index (κ3) is 10.6. The molecule has 4 fully saturated rings. The fraction of sp³-hybridized carbons (Fsp3) is 0.600. The number of carbonyl (C=O) groups excluding carboxylic acids is 5. The van der Waals surface area contributed by atoms with Crippen LogP contribution in [0.25, 0.3) is 0 Å². The number of carbonyl (C=O) groups is 5. The Hall–Kier alpha value is -4.72. The molecule has 1 spiro atoms. The van der Waals surface area contributed by atoms with Crippen LogP contribution in [-0.2, 0) is 32.3 Å². The summed E-state index contributed by atoms with van der Waals surface area (Å²) >= 11 is 0. The maximum atomic E-state index is 13.0. The number of nitrogens with one attached hydrogen (secondary N) is 1. The molecular formula is C45H61N5O6. The Morgan fingerprint density at radius 3 is 2.43 bits per heavy atom. The van der Waals surface area contributed by atoms with E-state index in [1.54, 1.807) is 21.6 Å². The number of imide groups is 1. The lowest BCUT2D eigenvalue weighted by atomic mass is 9.96. The van der Waals surface area contributed by atoms with Crippen LogP contribution in [0.5, 0.6) is 0 Å². The fourth-order valence-electron chi connectivity index (χ4n) is 8.41.